The molecule has 0 aliphatic carbocycles. The van der Waals surface area contributed by atoms with E-state index < -0.39 is 0 Å². The van der Waals surface area contributed by atoms with Crippen LogP contribution in [0.3, 0.4) is 0 Å². The monoisotopic (exact) mass is 321 g/mol. The van der Waals surface area contributed by atoms with E-state index in [2.05, 4.69) is 35.2 Å². The zero-order valence-corrected chi connectivity index (χ0v) is 15.2. The van der Waals surface area contributed by atoms with Crippen molar-refractivity contribution in [3.63, 3.8) is 0 Å². The van der Waals surface area contributed by atoms with Gasteiger partial charge in [0.05, 0.1) is 14.2 Å². The molecule has 23 heavy (non-hydrogen) atoms. The number of aliphatic imine (C=N–C) groups is 1. The highest BCUT2D eigenvalue weighted by atomic mass is 16.5. The van der Waals surface area contributed by atoms with Crippen LogP contribution >= 0.6 is 0 Å². The number of guanidine groups is 1. The van der Waals surface area contributed by atoms with Gasteiger partial charge in [-0.15, -0.1) is 0 Å². The van der Waals surface area contributed by atoms with Crippen molar-refractivity contribution in [2.45, 2.75) is 32.6 Å². The second-order valence-corrected chi connectivity index (χ2v) is 5.54. The Bertz CT molecular complexity index is 489. The first-order valence-corrected chi connectivity index (χ1v) is 8.28. The third-order valence-corrected chi connectivity index (χ3v) is 3.82. The highest BCUT2D eigenvalue weighted by Crippen LogP contribution is 2.27. The van der Waals surface area contributed by atoms with Crippen molar-refractivity contribution in [3.05, 3.63) is 23.8 Å². The zero-order chi connectivity index (χ0) is 17.1. The Kier molecular flexibility index (Phi) is 8.95. The van der Waals surface area contributed by atoms with Gasteiger partial charge in [-0.3, -0.25) is 4.99 Å². The number of likely N-dealkylation sites (N-methyl/N-ethyl adjacent to an activating group) is 1. The van der Waals surface area contributed by atoms with Crippen molar-refractivity contribution < 1.29 is 9.47 Å². The van der Waals surface area contributed by atoms with E-state index in [4.69, 9.17) is 9.47 Å². The molecule has 0 radical (unpaired) electrons. The number of hydrogen-bond donors (Lipinski definition) is 1. The normalized spacial score (nSPS) is 11.3. The molecule has 0 fully saturated rings. The third kappa shape index (κ3) is 6.38. The molecule has 0 bridgehead atoms. The Morgan fingerprint density at radius 3 is 2.52 bits per heavy atom. The highest BCUT2D eigenvalue weighted by molar-refractivity contribution is 5.79. The minimum absolute atomic E-state index is 0.762. The molecule has 0 atom stereocenters. The molecule has 5 heteroatoms. The van der Waals surface area contributed by atoms with E-state index in [9.17, 15) is 0 Å². The van der Waals surface area contributed by atoms with Crippen molar-refractivity contribution >= 4 is 5.96 Å². The maximum absolute atomic E-state index is 5.35. The molecule has 0 heterocycles. The van der Waals surface area contributed by atoms with E-state index in [-0.39, 0.29) is 0 Å². The van der Waals surface area contributed by atoms with E-state index in [0.29, 0.717) is 0 Å². The van der Waals surface area contributed by atoms with Gasteiger partial charge in [0.15, 0.2) is 17.5 Å². The third-order valence-electron chi connectivity index (χ3n) is 3.82. The van der Waals surface area contributed by atoms with Gasteiger partial charge in [0.1, 0.15) is 0 Å². The number of nitrogens with zero attached hydrogens (tertiary/aromatic N) is 2. The van der Waals surface area contributed by atoms with Gasteiger partial charge in [-0.2, -0.15) is 0 Å². The largest absolute Gasteiger partial charge is 0.493 e. The van der Waals surface area contributed by atoms with Crippen LogP contribution in [0.15, 0.2) is 23.2 Å². The molecule has 1 aromatic carbocycles. The van der Waals surface area contributed by atoms with Crippen molar-refractivity contribution in [1.29, 1.82) is 0 Å². The fraction of sp³-hybridized carbons (Fsp3) is 0.611. The number of unbranched alkanes of at least 4 members (excludes halogenated alkanes) is 2. The Morgan fingerprint density at radius 1 is 1.17 bits per heavy atom. The van der Waals surface area contributed by atoms with Crippen LogP contribution in [-0.2, 0) is 6.42 Å². The van der Waals surface area contributed by atoms with Crippen molar-refractivity contribution in [3.8, 4) is 11.5 Å². The molecule has 0 aliphatic rings. The summed E-state index contributed by atoms with van der Waals surface area (Å²) in [6.07, 6.45) is 4.58. The summed E-state index contributed by atoms with van der Waals surface area (Å²) in [5.41, 5.74) is 1.22. The van der Waals surface area contributed by atoms with E-state index in [1.165, 1.54) is 24.8 Å². The van der Waals surface area contributed by atoms with Gasteiger partial charge >= 0.3 is 0 Å². The summed E-state index contributed by atoms with van der Waals surface area (Å²) in [5, 5.41) is 3.41. The molecule has 1 aromatic rings. The number of methoxy groups -OCH3 is 2. The maximum Gasteiger partial charge on any atom is 0.193 e. The standard InChI is InChI=1S/C18H31N3O2/c1-6-7-8-12-20-18(19-2)21(3)13-11-15-9-10-16(22-4)17(14-15)23-5/h9-10,14H,6-8,11-13H2,1-5H3,(H,19,20). The summed E-state index contributed by atoms with van der Waals surface area (Å²) in [5.74, 6) is 2.48. The molecule has 0 saturated carbocycles. The van der Waals surface area contributed by atoms with Crippen molar-refractivity contribution in [2.24, 2.45) is 4.99 Å². The Labute approximate surface area is 140 Å². The SMILES string of the molecule is CCCCCNC(=NC)N(C)CCc1ccc(OC)c(OC)c1. The Morgan fingerprint density at radius 2 is 1.91 bits per heavy atom. The first-order valence-electron chi connectivity index (χ1n) is 8.28. The molecule has 0 unspecified atom stereocenters. The molecule has 1 N–H and O–H groups in total. The number of rotatable bonds is 9. The average molecular weight is 321 g/mol. The summed E-state index contributed by atoms with van der Waals surface area (Å²) in [4.78, 5) is 6.50. The van der Waals surface area contributed by atoms with Crippen molar-refractivity contribution in [1.82, 2.24) is 10.2 Å². The molecule has 130 valence electrons. The maximum atomic E-state index is 5.35. The highest BCUT2D eigenvalue weighted by Gasteiger charge is 2.08. The predicted octanol–water partition coefficient (Wildman–Crippen LogP) is 2.94. The van der Waals surface area contributed by atoms with E-state index >= 15 is 0 Å². The molecule has 0 aromatic heterocycles. The lowest BCUT2D eigenvalue weighted by Gasteiger charge is -2.22. The lowest BCUT2D eigenvalue weighted by molar-refractivity contribution is 0.354. The smallest absolute Gasteiger partial charge is 0.193 e. The van der Waals surface area contributed by atoms with Crippen LogP contribution < -0.4 is 14.8 Å². The van der Waals surface area contributed by atoms with E-state index in [1.54, 1.807) is 14.2 Å². The van der Waals surface area contributed by atoms with Crippen LogP contribution in [0, 0.1) is 0 Å². The minimum atomic E-state index is 0.762. The van der Waals surface area contributed by atoms with Crippen molar-refractivity contribution in [2.75, 3.05) is 41.4 Å². The van der Waals surface area contributed by atoms with Crippen LogP contribution in [0.25, 0.3) is 0 Å². The molecule has 5 nitrogen and oxygen atoms in total. The van der Waals surface area contributed by atoms with Crippen LogP contribution in [0.1, 0.15) is 31.7 Å². The average Bonchev–Trinajstić information content (AvgIpc) is 2.59. The summed E-state index contributed by atoms with van der Waals surface area (Å²) in [6, 6.07) is 6.06. The van der Waals surface area contributed by atoms with Gasteiger partial charge in [0.2, 0.25) is 0 Å². The molecule has 0 aliphatic heterocycles. The first kappa shape index (κ1) is 19.1. The molecular formula is C18H31N3O2. The molecular weight excluding hydrogens is 290 g/mol. The summed E-state index contributed by atoms with van der Waals surface area (Å²) < 4.78 is 10.6. The van der Waals surface area contributed by atoms with Crippen LogP contribution in [-0.4, -0.2) is 52.3 Å². The second-order valence-electron chi connectivity index (χ2n) is 5.54. The quantitative estimate of drug-likeness (QED) is 0.431. The number of nitrogens with one attached hydrogen (secondary N) is 1. The predicted molar refractivity (Wildman–Crippen MR) is 96.8 cm³/mol. The van der Waals surface area contributed by atoms with Gasteiger partial charge in [0.25, 0.3) is 0 Å². The molecule has 0 amide bonds. The fourth-order valence-corrected chi connectivity index (χ4v) is 2.40. The van der Waals surface area contributed by atoms with Gasteiger partial charge in [-0.05, 0) is 30.5 Å². The second kappa shape index (κ2) is 10.8. The number of ether oxygens (including phenoxy) is 2. The molecule has 1 rings (SSSR count). The zero-order valence-electron chi connectivity index (χ0n) is 15.2. The summed E-state index contributed by atoms with van der Waals surface area (Å²) in [6.45, 7) is 4.08. The van der Waals surface area contributed by atoms with Gasteiger partial charge in [-0.1, -0.05) is 25.8 Å². The fourth-order valence-electron chi connectivity index (χ4n) is 2.40. The van der Waals surface area contributed by atoms with Crippen LogP contribution in [0.2, 0.25) is 0 Å². The topological polar surface area (TPSA) is 46.1 Å². The summed E-state index contributed by atoms with van der Waals surface area (Å²) in [7, 11) is 7.21. The van der Waals surface area contributed by atoms with Gasteiger partial charge in [-0.25, -0.2) is 0 Å². The number of hydrogen-bond acceptors (Lipinski definition) is 3. The lowest BCUT2D eigenvalue weighted by Crippen LogP contribution is -2.40. The lowest BCUT2D eigenvalue weighted by atomic mass is 10.1. The summed E-state index contributed by atoms with van der Waals surface area (Å²) >= 11 is 0. The van der Waals surface area contributed by atoms with Gasteiger partial charge < -0.3 is 19.7 Å². The number of benzene rings is 1. The van der Waals surface area contributed by atoms with E-state index in [1.807, 2.05) is 19.2 Å². The minimum Gasteiger partial charge on any atom is -0.493 e. The molecule has 0 saturated heterocycles. The Hall–Kier alpha value is -1.91. The Balaban J connectivity index is 2.52. The van der Waals surface area contributed by atoms with Crippen LogP contribution in [0.5, 0.6) is 11.5 Å². The molecule has 0 spiro atoms. The van der Waals surface area contributed by atoms with Gasteiger partial charge in [0, 0.05) is 27.2 Å². The van der Waals surface area contributed by atoms with E-state index in [0.717, 1.165) is 37.0 Å². The first-order chi connectivity index (χ1) is 11.2. The van der Waals surface area contributed by atoms with Crippen LogP contribution in [0.4, 0.5) is 0 Å².